The first kappa shape index (κ1) is 29.2. The molecule has 1 amide bonds. The van der Waals surface area contributed by atoms with Crippen LogP contribution in [0.2, 0.25) is 0 Å². The SMILES string of the molecule is CC(C)S(=O)(=O)Nc1cc(CC(=O)Nc2ccc(SCCc3ccc(OC(F)(F)F)cc3)cc2)ccc1O. The Hall–Kier alpha value is -3.38. The number of aryl methyl sites for hydroxylation is 1. The molecule has 3 N–H and O–H groups in total. The van der Waals surface area contributed by atoms with Crippen LogP contribution in [0.3, 0.4) is 0 Å². The van der Waals surface area contributed by atoms with Crippen molar-refractivity contribution in [3.63, 3.8) is 0 Å². The van der Waals surface area contributed by atoms with Crippen molar-refractivity contribution in [1.29, 1.82) is 0 Å². The van der Waals surface area contributed by atoms with Crippen LogP contribution in [0.4, 0.5) is 24.5 Å². The van der Waals surface area contributed by atoms with E-state index in [-0.39, 0.29) is 29.5 Å². The van der Waals surface area contributed by atoms with Crippen LogP contribution >= 0.6 is 11.8 Å². The third kappa shape index (κ3) is 9.18. The molecule has 0 saturated heterocycles. The zero-order valence-corrected chi connectivity index (χ0v) is 22.2. The van der Waals surface area contributed by atoms with Crippen molar-refractivity contribution >= 4 is 39.1 Å². The van der Waals surface area contributed by atoms with Crippen molar-refractivity contribution in [3.05, 3.63) is 77.9 Å². The average Bonchev–Trinajstić information content (AvgIpc) is 2.82. The highest BCUT2D eigenvalue weighted by Gasteiger charge is 2.30. The second-order valence-corrected chi connectivity index (χ2v) is 12.0. The Balaban J connectivity index is 1.49. The predicted octanol–water partition coefficient (Wildman–Crippen LogP) is 5.96. The van der Waals surface area contributed by atoms with Gasteiger partial charge in [-0.3, -0.25) is 9.52 Å². The lowest BCUT2D eigenvalue weighted by molar-refractivity contribution is -0.274. The Labute approximate surface area is 223 Å². The lowest BCUT2D eigenvalue weighted by atomic mass is 10.1. The summed E-state index contributed by atoms with van der Waals surface area (Å²) in [6.07, 6.45) is -4.09. The Bertz CT molecular complexity index is 1340. The molecule has 3 aromatic carbocycles. The van der Waals surface area contributed by atoms with E-state index in [0.717, 1.165) is 10.5 Å². The van der Waals surface area contributed by atoms with Crippen molar-refractivity contribution in [2.45, 2.75) is 43.2 Å². The Morgan fingerprint density at radius 3 is 2.24 bits per heavy atom. The summed E-state index contributed by atoms with van der Waals surface area (Å²) >= 11 is 1.57. The molecule has 0 atom stereocenters. The highest BCUT2D eigenvalue weighted by molar-refractivity contribution is 7.99. The third-order valence-corrected chi connectivity index (χ3v) is 8.01. The number of hydrogen-bond donors (Lipinski definition) is 3. The Morgan fingerprint density at radius 1 is 1.00 bits per heavy atom. The number of rotatable bonds is 11. The van der Waals surface area contributed by atoms with Crippen molar-refractivity contribution in [3.8, 4) is 11.5 Å². The number of carbonyl (C=O) groups is 1. The average molecular weight is 569 g/mol. The molecule has 12 heteroatoms. The van der Waals surface area contributed by atoms with E-state index >= 15 is 0 Å². The van der Waals surface area contributed by atoms with Crippen molar-refractivity contribution in [1.82, 2.24) is 0 Å². The number of halogens is 3. The molecule has 7 nitrogen and oxygen atoms in total. The molecule has 0 fully saturated rings. The van der Waals surface area contributed by atoms with Crippen LogP contribution in [-0.4, -0.2) is 36.8 Å². The number of nitrogens with one attached hydrogen (secondary N) is 2. The summed E-state index contributed by atoms with van der Waals surface area (Å²) in [4.78, 5) is 13.5. The maximum Gasteiger partial charge on any atom is 0.573 e. The molecule has 3 aromatic rings. The van der Waals surface area contributed by atoms with Crippen LogP contribution in [0.15, 0.2) is 71.6 Å². The predicted molar refractivity (Wildman–Crippen MR) is 142 cm³/mol. The molecule has 0 aliphatic heterocycles. The monoisotopic (exact) mass is 568 g/mol. The van der Waals surface area contributed by atoms with Gasteiger partial charge < -0.3 is 15.2 Å². The molecule has 0 heterocycles. The number of amides is 1. The fourth-order valence-corrected chi connectivity index (χ4v) is 4.82. The molecule has 0 aliphatic carbocycles. The van der Waals surface area contributed by atoms with Crippen molar-refractivity contribution in [2.24, 2.45) is 0 Å². The molecule has 0 aromatic heterocycles. The number of anilines is 2. The van der Waals surface area contributed by atoms with Crippen molar-refractivity contribution < 1.29 is 36.2 Å². The molecular formula is C26H27F3N2O5S2. The van der Waals surface area contributed by atoms with Gasteiger partial charge in [0.1, 0.15) is 11.5 Å². The summed E-state index contributed by atoms with van der Waals surface area (Å²) < 4.78 is 67.2. The van der Waals surface area contributed by atoms with Gasteiger partial charge in [0.25, 0.3) is 0 Å². The second-order valence-electron chi connectivity index (χ2n) is 8.59. The summed E-state index contributed by atoms with van der Waals surface area (Å²) in [6.45, 7) is 3.03. The molecule has 0 saturated carbocycles. The van der Waals surface area contributed by atoms with Gasteiger partial charge >= 0.3 is 6.36 Å². The number of benzene rings is 3. The standard InChI is InChI=1S/C26H27F3N2O5S2/c1-17(2)38(34,35)31-23-15-19(5-12-24(23)32)16-25(33)30-20-6-10-22(11-7-20)37-14-13-18-3-8-21(9-4-18)36-26(27,28)29/h3-12,15,17,31-32H,13-14,16H2,1-2H3,(H,30,33). The molecule has 0 bridgehead atoms. The highest BCUT2D eigenvalue weighted by Crippen LogP contribution is 2.27. The molecule has 3 rings (SSSR count). The Morgan fingerprint density at radius 2 is 1.63 bits per heavy atom. The number of carbonyl (C=O) groups excluding carboxylic acids is 1. The number of sulfonamides is 1. The van der Waals surface area contributed by atoms with E-state index in [1.807, 2.05) is 12.1 Å². The third-order valence-electron chi connectivity index (χ3n) is 5.25. The van der Waals surface area contributed by atoms with E-state index in [2.05, 4.69) is 14.8 Å². The molecule has 0 radical (unpaired) electrons. The largest absolute Gasteiger partial charge is 0.573 e. The number of phenols is 1. The minimum absolute atomic E-state index is 0.0101. The van der Waals surface area contributed by atoms with Crippen LogP contribution < -0.4 is 14.8 Å². The minimum Gasteiger partial charge on any atom is -0.506 e. The maximum absolute atomic E-state index is 12.5. The van der Waals surface area contributed by atoms with Crippen LogP contribution in [0, 0.1) is 0 Å². The number of hydrogen-bond acceptors (Lipinski definition) is 6. The van der Waals surface area contributed by atoms with Crippen LogP contribution in [-0.2, 0) is 27.7 Å². The first-order valence-electron chi connectivity index (χ1n) is 11.5. The fourth-order valence-electron chi connectivity index (χ4n) is 3.22. The molecule has 204 valence electrons. The lowest BCUT2D eigenvalue weighted by Gasteiger charge is -2.13. The lowest BCUT2D eigenvalue weighted by Crippen LogP contribution is -2.22. The zero-order chi connectivity index (χ0) is 27.9. The molecular weight excluding hydrogens is 541 g/mol. The minimum atomic E-state index is -4.71. The van der Waals surface area contributed by atoms with Crippen LogP contribution in [0.25, 0.3) is 0 Å². The summed E-state index contributed by atoms with van der Waals surface area (Å²) in [7, 11) is -3.66. The maximum atomic E-state index is 12.5. The second kappa shape index (κ2) is 12.4. The van der Waals surface area contributed by atoms with Gasteiger partial charge in [0.15, 0.2) is 0 Å². The normalized spacial score (nSPS) is 11.8. The highest BCUT2D eigenvalue weighted by atomic mass is 32.2. The molecule has 0 aliphatic rings. The number of thioether (sulfide) groups is 1. The van der Waals surface area contributed by atoms with Gasteiger partial charge in [0.2, 0.25) is 15.9 Å². The van der Waals surface area contributed by atoms with Gasteiger partial charge in [-0.1, -0.05) is 18.2 Å². The molecule has 38 heavy (non-hydrogen) atoms. The van der Waals surface area contributed by atoms with E-state index in [9.17, 15) is 31.5 Å². The van der Waals surface area contributed by atoms with E-state index in [1.165, 1.54) is 38.1 Å². The van der Waals surface area contributed by atoms with Gasteiger partial charge in [-0.25, -0.2) is 8.42 Å². The Kier molecular flexibility index (Phi) is 9.55. The zero-order valence-electron chi connectivity index (χ0n) is 20.6. The smallest absolute Gasteiger partial charge is 0.506 e. The van der Waals surface area contributed by atoms with E-state index in [1.54, 1.807) is 42.1 Å². The summed E-state index contributed by atoms with van der Waals surface area (Å²) in [5.74, 6) is -0.103. The van der Waals surface area contributed by atoms with Gasteiger partial charge in [-0.05, 0) is 79.9 Å². The van der Waals surface area contributed by atoms with E-state index in [0.29, 0.717) is 23.4 Å². The van der Waals surface area contributed by atoms with E-state index in [4.69, 9.17) is 0 Å². The summed E-state index contributed by atoms with van der Waals surface area (Å²) in [6, 6.07) is 17.3. The molecule has 0 spiro atoms. The number of phenolic OH excluding ortho intramolecular Hbond substituents is 1. The van der Waals surface area contributed by atoms with Gasteiger partial charge in [0, 0.05) is 16.3 Å². The summed E-state index contributed by atoms with van der Waals surface area (Å²) in [5.41, 5.74) is 1.99. The molecule has 0 unspecified atom stereocenters. The quantitative estimate of drug-likeness (QED) is 0.195. The summed E-state index contributed by atoms with van der Waals surface area (Å²) in [5, 5.41) is 12.1. The number of aromatic hydroxyl groups is 1. The van der Waals surface area contributed by atoms with Gasteiger partial charge in [-0.2, -0.15) is 0 Å². The number of alkyl halides is 3. The van der Waals surface area contributed by atoms with Gasteiger partial charge in [-0.15, -0.1) is 24.9 Å². The van der Waals surface area contributed by atoms with Crippen LogP contribution in [0.5, 0.6) is 11.5 Å². The first-order chi connectivity index (χ1) is 17.8. The van der Waals surface area contributed by atoms with Crippen LogP contribution in [0.1, 0.15) is 25.0 Å². The first-order valence-corrected chi connectivity index (χ1v) is 14.0. The van der Waals surface area contributed by atoms with Crippen molar-refractivity contribution in [2.75, 3.05) is 15.8 Å². The fraction of sp³-hybridized carbons (Fsp3) is 0.269. The topological polar surface area (TPSA) is 105 Å². The van der Waals surface area contributed by atoms with E-state index < -0.39 is 21.6 Å². The van der Waals surface area contributed by atoms with Gasteiger partial charge in [0.05, 0.1) is 17.4 Å². The number of ether oxygens (including phenoxy) is 1.